The van der Waals surface area contributed by atoms with Gasteiger partial charge in [0.2, 0.25) is 6.79 Å². The number of benzene rings is 3. The van der Waals surface area contributed by atoms with Crippen molar-refractivity contribution in [3.8, 4) is 17.2 Å². The summed E-state index contributed by atoms with van der Waals surface area (Å²) in [5.41, 5.74) is 1.70. The number of aryl methyl sites for hydroxylation is 1. The number of aliphatic hydroxyl groups is 1. The first-order chi connectivity index (χ1) is 16.4. The third-order valence-corrected chi connectivity index (χ3v) is 5.85. The summed E-state index contributed by atoms with van der Waals surface area (Å²) in [6.45, 7) is 1.93. The molecule has 0 spiro atoms. The first kappa shape index (κ1) is 21.5. The molecule has 1 unspecified atom stereocenters. The van der Waals surface area contributed by atoms with Gasteiger partial charge in [-0.3, -0.25) is 14.5 Å². The zero-order valence-corrected chi connectivity index (χ0v) is 18.4. The Morgan fingerprint density at radius 2 is 1.85 bits per heavy atom. The van der Waals surface area contributed by atoms with Crippen LogP contribution in [0.2, 0.25) is 0 Å². The van der Waals surface area contributed by atoms with Gasteiger partial charge in [0.15, 0.2) is 11.5 Å². The number of hydrogen-bond donors (Lipinski definition) is 1. The molecule has 1 saturated heterocycles. The summed E-state index contributed by atoms with van der Waals surface area (Å²) in [6, 6.07) is 14.8. The molecule has 2 aliphatic rings. The molecule has 0 saturated carbocycles. The van der Waals surface area contributed by atoms with Gasteiger partial charge in [-0.25, -0.2) is 4.39 Å². The van der Waals surface area contributed by atoms with E-state index >= 15 is 0 Å². The SMILES string of the molecule is COc1ccc(F)cc1/C(O)=C1\C(=O)C(=O)N(c2ccc3c(c2)OCO3)C1c1cccc(C)c1. The Balaban J connectivity index is 1.75. The fourth-order valence-corrected chi connectivity index (χ4v) is 4.30. The van der Waals surface area contributed by atoms with E-state index < -0.39 is 29.3 Å². The van der Waals surface area contributed by atoms with Gasteiger partial charge in [-0.1, -0.05) is 29.8 Å². The number of hydrogen-bond acceptors (Lipinski definition) is 6. The summed E-state index contributed by atoms with van der Waals surface area (Å²) < 4.78 is 30.1. The van der Waals surface area contributed by atoms with Crippen LogP contribution < -0.4 is 19.1 Å². The Bertz CT molecular complexity index is 1370. The minimum absolute atomic E-state index is 0.0242. The maximum atomic E-state index is 14.1. The van der Waals surface area contributed by atoms with Crippen molar-refractivity contribution in [3.63, 3.8) is 0 Å². The standard InChI is InChI=1S/C26H20FNO6/c1-14-4-3-5-15(10-14)23-22(24(29)18-11-16(27)6-8-19(18)32-2)25(30)26(31)28(23)17-7-9-20-21(12-17)34-13-33-20/h3-12,23,29H,13H2,1-2H3/b24-22+. The second kappa shape index (κ2) is 8.22. The summed E-state index contributed by atoms with van der Waals surface area (Å²) in [5.74, 6) is -1.75. The number of ketones is 1. The van der Waals surface area contributed by atoms with Gasteiger partial charge >= 0.3 is 0 Å². The molecule has 7 nitrogen and oxygen atoms in total. The second-order valence-electron chi connectivity index (χ2n) is 7.97. The molecule has 1 atom stereocenters. The molecular formula is C26H20FNO6. The van der Waals surface area contributed by atoms with Gasteiger partial charge in [-0.05, 0) is 42.8 Å². The average molecular weight is 461 g/mol. The van der Waals surface area contributed by atoms with E-state index in [0.717, 1.165) is 11.6 Å². The fourth-order valence-electron chi connectivity index (χ4n) is 4.30. The summed E-state index contributed by atoms with van der Waals surface area (Å²) in [4.78, 5) is 27.9. The van der Waals surface area contributed by atoms with Crippen molar-refractivity contribution in [2.24, 2.45) is 0 Å². The molecule has 1 N–H and O–H groups in total. The maximum absolute atomic E-state index is 14.1. The molecule has 34 heavy (non-hydrogen) atoms. The predicted octanol–water partition coefficient (Wildman–Crippen LogP) is 4.50. The minimum atomic E-state index is -0.965. The zero-order chi connectivity index (χ0) is 24.0. The number of ether oxygens (including phenoxy) is 3. The van der Waals surface area contributed by atoms with Crippen LogP contribution in [0.4, 0.5) is 10.1 Å². The highest BCUT2D eigenvalue weighted by Gasteiger charge is 2.47. The highest BCUT2D eigenvalue weighted by atomic mass is 19.1. The first-order valence-electron chi connectivity index (χ1n) is 10.5. The van der Waals surface area contributed by atoms with E-state index in [0.29, 0.717) is 22.7 Å². The lowest BCUT2D eigenvalue weighted by molar-refractivity contribution is -0.132. The van der Waals surface area contributed by atoms with Crippen LogP contribution in [-0.2, 0) is 9.59 Å². The number of halogens is 1. The van der Waals surface area contributed by atoms with E-state index in [-0.39, 0.29) is 23.7 Å². The molecule has 0 bridgehead atoms. The van der Waals surface area contributed by atoms with E-state index in [1.807, 2.05) is 19.1 Å². The van der Waals surface area contributed by atoms with Gasteiger partial charge in [0.1, 0.15) is 17.3 Å². The Morgan fingerprint density at radius 1 is 1.06 bits per heavy atom. The van der Waals surface area contributed by atoms with Gasteiger partial charge in [0, 0.05) is 11.8 Å². The maximum Gasteiger partial charge on any atom is 0.300 e. The molecule has 0 radical (unpaired) electrons. The molecule has 8 heteroatoms. The molecule has 5 rings (SSSR count). The van der Waals surface area contributed by atoms with Crippen LogP contribution in [0.15, 0.2) is 66.2 Å². The lowest BCUT2D eigenvalue weighted by Gasteiger charge is -2.26. The molecule has 2 aliphatic heterocycles. The van der Waals surface area contributed by atoms with Crippen molar-refractivity contribution in [2.75, 3.05) is 18.8 Å². The minimum Gasteiger partial charge on any atom is -0.507 e. The Morgan fingerprint density at radius 3 is 2.62 bits per heavy atom. The monoisotopic (exact) mass is 461 g/mol. The normalized spacial score (nSPS) is 18.4. The van der Waals surface area contributed by atoms with Crippen molar-refractivity contribution in [1.82, 2.24) is 0 Å². The summed E-state index contributed by atoms with van der Waals surface area (Å²) in [5, 5.41) is 11.3. The van der Waals surface area contributed by atoms with Gasteiger partial charge in [-0.15, -0.1) is 0 Å². The van der Waals surface area contributed by atoms with Crippen molar-refractivity contribution >= 4 is 23.1 Å². The number of methoxy groups -OCH3 is 1. The number of amides is 1. The molecule has 172 valence electrons. The number of rotatable bonds is 4. The van der Waals surface area contributed by atoms with Gasteiger partial charge in [0.25, 0.3) is 11.7 Å². The first-order valence-corrected chi connectivity index (χ1v) is 10.5. The summed E-state index contributed by atoms with van der Waals surface area (Å²) in [6.07, 6.45) is 0. The fraction of sp³-hybridized carbons (Fsp3) is 0.154. The number of nitrogens with zero attached hydrogens (tertiary/aromatic N) is 1. The van der Waals surface area contributed by atoms with Crippen molar-refractivity contribution in [3.05, 3.63) is 88.7 Å². The Hall–Kier alpha value is -4.33. The smallest absolute Gasteiger partial charge is 0.300 e. The lowest BCUT2D eigenvalue weighted by atomic mass is 9.94. The second-order valence-corrected chi connectivity index (χ2v) is 7.97. The van der Waals surface area contributed by atoms with E-state index in [2.05, 4.69) is 0 Å². The van der Waals surface area contributed by atoms with E-state index in [1.54, 1.807) is 30.3 Å². The summed E-state index contributed by atoms with van der Waals surface area (Å²) >= 11 is 0. The Labute approximate surface area is 194 Å². The van der Waals surface area contributed by atoms with E-state index in [4.69, 9.17) is 14.2 Å². The quantitative estimate of drug-likeness (QED) is 0.350. The van der Waals surface area contributed by atoms with Crippen LogP contribution in [0.1, 0.15) is 22.7 Å². The third-order valence-electron chi connectivity index (χ3n) is 5.85. The highest BCUT2D eigenvalue weighted by molar-refractivity contribution is 6.51. The van der Waals surface area contributed by atoms with Crippen molar-refractivity contribution < 1.29 is 33.3 Å². The van der Waals surface area contributed by atoms with Gasteiger partial charge in [-0.2, -0.15) is 0 Å². The third kappa shape index (κ3) is 3.44. The lowest BCUT2D eigenvalue weighted by Crippen LogP contribution is -2.29. The summed E-state index contributed by atoms with van der Waals surface area (Å²) in [7, 11) is 1.37. The molecule has 3 aromatic carbocycles. The number of carbonyl (C=O) groups excluding carboxylic acids is 2. The molecule has 1 amide bonds. The molecule has 3 aromatic rings. The van der Waals surface area contributed by atoms with Crippen LogP contribution in [0.3, 0.4) is 0 Å². The van der Waals surface area contributed by atoms with E-state index in [1.165, 1.54) is 24.1 Å². The molecule has 0 aromatic heterocycles. The van der Waals surface area contributed by atoms with Crippen LogP contribution in [0, 0.1) is 12.7 Å². The highest BCUT2D eigenvalue weighted by Crippen LogP contribution is 2.45. The molecular weight excluding hydrogens is 441 g/mol. The van der Waals surface area contributed by atoms with Gasteiger partial charge in [0.05, 0.1) is 24.3 Å². The number of fused-ring (bicyclic) bond motifs is 1. The number of aliphatic hydroxyl groups excluding tert-OH is 1. The molecule has 0 aliphatic carbocycles. The van der Waals surface area contributed by atoms with Crippen LogP contribution in [0.5, 0.6) is 17.2 Å². The largest absolute Gasteiger partial charge is 0.507 e. The molecule has 2 heterocycles. The zero-order valence-electron chi connectivity index (χ0n) is 18.4. The number of Topliss-reactive ketones (excluding diaryl/α,β-unsaturated/α-hetero) is 1. The van der Waals surface area contributed by atoms with Crippen LogP contribution in [-0.4, -0.2) is 30.7 Å². The van der Waals surface area contributed by atoms with E-state index in [9.17, 15) is 19.1 Å². The average Bonchev–Trinajstić information content (AvgIpc) is 3.40. The van der Waals surface area contributed by atoms with Crippen molar-refractivity contribution in [2.45, 2.75) is 13.0 Å². The topological polar surface area (TPSA) is 85.3 Å². The van der Waals surface area contributed by atoms with Crippen LogP contribution in [0.25, 0.3) is 5.76 Å². The van der Waals surface area contributed by atoms with Crippen LogP contribution >= 0.6 is 0 Å². The van der Waals surface area contributed by atoms with Gasteiger partial charge < -0.3 is 19.3 Å². The number of carbonyl (C=O) groups is 2. The predicted molar refractivity (Wildman–Crippen MR) is 121 cm³/mol. The van der Waals surface area contributed by atoms with Crippen molar-refractivity contribution in [1.29, 1.82) is 0 Å². The molecule has 1 fully saturated rings. The number of anilines is 1. The Kier molecular flexibility index (Phi) is 5.20.